The van der Waals surface area contributed by atoms with Gasteiger partial charge in [0.15, 0.2) is 0 Å². The number of ether oxygens (including phenoxy) is 1. The van der Waals surface area contributed by atoms with E-state index in [9.17, 15) is 0 Å². The average Bonchev–Trinajstić information content (AvgIpc) is 2.73. The van der Waals surface area contributed by atoms with Gasteiger partial charge < -0.3 is 10.5 Å². The first-order valence-corrected chi connectivity index (χ1v) is 7.80. The van der Waals surface area contributed by atoms with Crippen molar-refractivity contribution in [3.05, 3.63) is 44.3 Å². The predicted octanol–water partition coefficient (Wildman–Crippen LogP) is 3.68. The van der Waals surface area contributed by atoms with Gasteiger partial charge in [0.05, 0.1) is 15.2 Å². The van der Waals surface area contributed by atoms with Crippen LogP contribution in [-0.2, 0) is 13.0 Å². The Bertz CT molecular complexity index is 554. The molecule has 3 nitrogen and oxygen atoms in total. The van der Waals surface area contributed by atoms with Crippen LogP contribution >= 0.6 is 27.3 Å². The van der Waals surface area contributed by atoms with E-state index in [0.29, 0.717) is 6.61 Å². The first-order valence-electron chi connectivity index (χ1n) is 6.13. The van der Waals surface area contributed by atoms with E-state index in [2.05, 4.69) is 27.0 Å². The SMILES string of the molecule is Cc1nc(COc2c(Br)cccc2CC(C)N)cs1. The van der Waals surface area contributed by atoms with Gasteiger partial charge in [-0.05, 0) is 47.8 Å². The van der Waals surface area contributed by atoms with E-state index in [1.165, 1.54) is 0 Å². The van der Waals surface area contributed by atoms with Gasteiger partial charge in [-0.25, -0.2) is 4.98 Å². The molecule has 1 aromatic carbocycles. The summed E-state index contributed by atoms with van der Waals surface area (Å²) in [5.74, 6) is 0.866. The van der Waals surface area contributed by atoms with Gasteiger partial charge in [-0.3, -0.25) is 0 Å². The summed E-state index contributed by atoms with van der Waals surface area (Å²) in [4.78, 5) is 4.40. The Hall–Kier alpha value is -0.910. The van der Waals surface area contributed by atoms with Crippen molar-refractivity contribution in [3.8, 4) is 5.75 Å². The zero-order valence-electron chi connectivity index (χ0n) is 11.0. The molecule has 0 amide bonds. The summed E-state index contributed by atoms with van der Waals surface area (Å²) in [7, 11) is 0. The first-order chi connectivity index (χ1) is 9.06. The Kier molecular flexibility index (Phi) is 4.96. The van der Waals surface area contributed by atoms with E-state index in [1.807, 2.05) is 31.4 Å². The largest absolute Gasteiger partial charge is 0.486 e. The highest BCUT2D eigenvalue weighted by Gasteiger charge is 2.10. The Labute approximate surface area is 125 Å². The number of aryl methyl sites for hydroxylation is 1. The van der Waals surface area contributed by atoms with Gasteiger partial charge in [-0.1, -0.05) is 12.1 Å². The molecule has 0 fully saturated rings. The second kappa shape index (κ2) is 6.50. The minimum absolute atomic E-state index is 0.109. The molecule has 2 rings (SSSR count). The lowest BCUT2D eigenvalue weighted by Gasteiger charge is -2.14. The van der Waals surface area contributed by atoms with Crippen LogP contribution in [0.15, 0.2) is 28.1 Å². The number of rotatable bonds is 5. The minimum atomic E-state index is 0.109. The quantitative estimate of drug-likeness (QED) is 0.902. The maximum absolute atomic E-state index is 5.91. The number of nitrogens with zero attached hydrogens (tertiary/aromatic N) is 1. The zero-order chi connectivity index (χ0) is 13.8. The second-order valence-electron chi connectivity index (χ2n) is 4.56. The van der Waals surface area contributed by atoms with Crippen molar-refractivity contribution >= 4 is 27.3 Å². The van der Waals surface area contributed by atoms with Gasteiger partial charge in [0.25, 0.3) is 0 Å². The number of nitrogens with two attached hydrogens (primary N) is 1. The van der Waals surface area contributed by atoms with Gasteiger partial charge >= 0.3 is 0 Å². The summed E-state index contributed by atoms with van der Waals surface area (Å²) in [5.41, 5.74) is 7.96. The van der Waals surface area contributed by atoms with Crippen LogP contribution in [0.25, 0.3) is 0 Å². The monoisotopic (exact) mass is 340 g/mol. The third-order valence-electron chi connectivity index (χ3n) is 2.62. The predicted molar refractivity (Wildman–Crippen MR) is 82.7 cm³/mol. The number of aromatic nitrogens is 1. The highest BCUT2D eigenvalue weighted by atomic mass is 79.9. The molecule has 0 saturated heterocycles. The van der Waals surface area contributed by atoms with Crippen molar-refractivity contribution in [2.75, 3.05) is 0 Å². The lowest BCUT2D eigenvalue weighted by Crippen LogP contribution is -2.18. The Morgan fingerprint density at radius 2 is 2.26 bits per heavy atom. The minimum Gasteiger partial charge on any atom is -0.486 e. The van der Waals surface area contributed by atoms with E-state index in [0.717, 1.165) is 32.9 Å². The van der Waals surface area contributed by atoms with Crippen molar-refractivity contribution in [1.29, 1.82) is 0 Å². The fraction of sp³-hybridized carbons (Fsp3) is 0.357. The molecule has 1 heterocycles. The van der Waals surface area contributed by atoms with Gasteiger partial charge in [-0.2, -0.15) is 0 Å². The molecule has 2 N–H and O–H groups in total. The van der Waals surface area contributed by atoms with Gasteiger partial charge in [0.1, 0.15) is 12.4 Å². The van der Waals surface area contributed by atoms with Crippen LogP contribution in [0.2, 0.25) is 0 Å². The van der Waals surface area contributed by atoms with Crippen LogP contribution in [0, 0.1) is 6.92 Å². The van der Waals surface area contributed by atoms with E-state index in [4.69, 9.17) is 10.5 Å². The van der Waals surface area contributed by atoms with Crippen molar-refractivity contribution in [1.82, 2.24) is 4.98 Å². The maximum Gasteiger partial charge on any atom is 0.137 e. The lowest BCUT2D eigenvalue weighted by atomic mass is 10.1. The Balaban J connectivity index is 2.14. The number of halogens is 1. The third-order valence-corrected chi connectivity index (χ3v) is 4.07. The highest BCUT2D eigenvalue weighted by Crippen LogP contribution is 2.30. The topological polar surface area (TPSA) is 48.1 Å². The van der Waals surface area contributed by atoms with Crippen molar-refractivity contribution in [3.63, 3.8) is 0 Å². The summed E-state index contributed by atoms with van der Waals surface area (Å²) in [6, 6.07) is 6.14. The van der Waals surface area contributed by atoms with Gasteiger partial charge in [0, 0.05) is 11.4 Å². The molecule has 0 saturated carbocycles. The van der Waals surface area contributed by atoms with E-state index in [-0.39, 0.29) is 6.04 Å². The summed E-state index contributed by atoms with van der Waals surface area (Å²) in [5, 5.41) is 3.08. The molecule has 0 aliphatic rings. The molecular formula is C14H17BrN2OS. The zero-order valence-corrected chi connectivity index (χ0v) is 13.4. The normalized spacial score (nSPS) is 12.4. The van der Waals surface area contributed by atoms with Crippen LogP contribution in [0.5, 0.6) is 5.75 Å². The summed E-state index contributed by atoms with van der Waals surface area (Å²) in [6.45, 7) is 4.47. The molecule has 1 unspecified atom stereocenters. The lowest BCUT2D eigenvalue weighted by molar-refractivity contribution is 0.296. The van der Waals surface area contributed by atoms with Crippen LogP contribution in [-0.4, -0.2) is 11.0 Å². The number of para-hydroxylation sites is 1. The first kappa shape index (κ1) is 14.5. The fourth-order valence-electron chi connectivity index (χ4n) is 1.84. The molecule has 0 aliphatic carbocycles. The van der Waals surface area contributed by atoms with Crippen molar-refractivity contribution in [2.45, 2.75) is 32.9 Å². The molecule has 2 aromatic rings. The third kappa shape index (κ3) is 4.03. The van der Waals surface area contributed by atoms with Crippen molar-refractivity contribution in [2.24, 2.45) is 5.73 Å². The molecule has 0 radical (unpaired) electrons. The van der Waals surface area contributed by atoms with Crippen LogP contribution in [0.4, 0.5) is 0 Å². The smallest absolute Gasteiger partial charge is 0.137 e. The molecule has 1 atom stereocenters. The number of hydrogen-bond donors (Lipinski definition) is 1. The number of hydrogen-bond acceptors (Lipinski definition) is 4. The summed E-state index contributed by atoms with van der Waals surface area (Å²) >= 11 is 5.17. The summed E-state index contributed by atoms with van der Waals surface area (Å²) < 4.78 is 6.87. The Morgan fingerprint density at radius 1 is 1.47 bits per heavy atom. The van der Waals surface area contributed by atoms with Gasteiger partial charge in [-0.15, -0.1) is 11.3 Å². The standard InChI is InChI=1S/C14H17BrN2OS/c1-9(16)6-11-4-3-5-13(15)14(11)18-7-12-8-19-10(2)17-12/h3-5,8-9H,6-7,16H2,1-2H3. The molecule has 102 valence electrons. The molecule has 1 aromatic heterocycles. The fourth-order valence-corrected chi connectivity index (χ4v) is 2.96. The maximum atomic E-state index is 5.91. The molecule has 5 heteroatoms. The molecular weight excluding hydrogens is 324 g/mol. The average molecular weight is 341 g/mol. The van der Waals surface area contributed by atoms with Crippen LogP contribution in [0.3, 0.4) is 0 Å². The van der Waals surface area contributed by atoms with Crippen molar-refractivity contribution < 1.29 is 4.74 Å². The van der Waals surface area contributed by atoms with Crippen LogP contribution < -0.4 is 10.5 Å². The molecule has 19 heavy (non-hydrogen) atoms. The van der Waals surface area contributed by atoms with Crippen LogP contribution in [0.1, 0.15) is 23.2 Å². The number of thiazole rings is 1. The second-order valence-corrected chi connectivity index (χ2v) is 6.47. The highest BCUT2D eigenvalue weighted by molar-refractivity contribution is 9.10. The van der Waals surface area contributed by atoms with Gasteiger partial charge in [0.2, 0.25) is 0 Å². The number of benzene rings is 1. The Morgan fingerprint density at radius 3 is 2.89 bits per heavy atom. The van der Waals surface area contributed by atoms with E-state index in [1.54, 1.807) is 11.3 Å². The molecule has 0 spiro atoms. The van der Waals surface area contributed by atoms with E-state index < -0.39 is 0 Å². The molecule has 0 bridgehead atoms. The summed E-state index contributed by atoms with van der Waals surface area (Å²) in [6.07, 6.45) is 0.796. The molecule has 0 aliphatic heterocycles. The van der Waals surface area contributed by atoms with E-state index >= 15 is 0 Å².